The lowest BCUT2D eigenvalue weighted by molar-refractivity contribution is 1.26. The van der Waals surface area contributed by atoms with Gasteiger partial charge in [-0.2, -0.15) is 0 Å². The molecule has 0 atom stereocenters. The van der Waals surface area contributed by atoms with Crippen LogP contribution in [0.3, 0.4) is 0 Å². The fraction of sp³-hybridized carbons (Fsp3) is 0. The smallest absolute Gasteiger partial charge is 0.0894 e. The van der Waals surface area contributed by atoms with Crippen molar-refractivity contribution in [3.63, 3.8) is 0 Å². The average Bonchev–Trinajstić information content (AvgIpc) is 3.50. The first kappa shape index (κ1) is 15.9. The molecule has 3 aliphatic heterocycles. The van der Waals surface area contributed by atoms with E-state index in [0.29, 0.717) is 0 Å². The second-order valence-electron chi connectivity index (χ2n) is 7.21. The zero-order valence-electron chi connectivity index (χ0n) is 15.5. The Morgan fingerprint density at radius 2 is 1.14 bits per heavy atom. The van der Waals surface area contributed by atoms with Crippen LogP contribution < -0.4 is 21.4 Å². The molecule has 0 radical (unpaired) electrons. The maximum Gasteiger partial charge on any atom is 0.0894 e. The second-order valence-corrected chi connectivity index (χ2v) is 7.21. The molecule has 0 saturated carbocycles. The third-order valence-electron chi connectivity index (χ3n) is 5.02. The van der Waals surface area contributed by atoms with Crippen molar-refractivity contribution in [3.8, 4) is 0 Å². The molecule has 0 unspecified atom stereocenters. The van der Waals surface area contributed by atoms with Gasteiger partial charge in [0.05, 0.1) is 22.8 Å². The van der Waals surface area contributed by atoms with Crippen molar-refractivity contribution in [3.05, 3.63) is 105 Å². The van der Waals surface area contributed by atoms with Crippen molar-refractivity contribution in [1.29, 1.82) is 0 Å². The Hall–Kier alpha value is -4.12. The highest BCUT2D eigenvalue weighted by Gasteiger charge is 2.10. The first-order valence-electron chi connectivity index (χ1n) is 9.50. The first-order chi connectivity index (χ1) is 14.3. The van der Waals surface area contributed by atoms with Crippen molar-refractivity contribution in [2.45, 2.75) is 0 Å². The number of H-pyrrole nitrogens is 3. The topological polar surface area (TPSA) is 72.1 Å². The standard InChI is InChI=1S/C24H17N5/c1-2-17-11-20-5-7-23(28-20)24-8-6-21(29-24)12-18-3-4-19(27-18)13-22-10-15(14-25-22)9-16(1)26-17/h1-14,25-27H. The monoisotopic (exact) mass is 375 g/mol. The predicted octanol–water partition coefficient (Wildman–Crippen LogP) is 1.14. The Balaban J connectivity index is 1.58. The second kappa shape index (κ2) is 6.21. The number of aromatic amines is 3. The van der Waals surface area contributed by atoms with Crippen LogP contribution in [0.15, 0.2) is 82.2 Å². The Kier molecular flexibility index (Phi) is 3.40. The Morgan fingerprint density at radius 1 is 0.586 bits per heavy atom. The molecule has 10 bridgehead atoms. The molecular formula is C24H17N5. The number of aliphatic imine (C=N–C) groups is 2. The summed E-state index contributed by atoms with van der Waals surface area (Å²) in [5.74, 6) is 0. The van der Waals surface area contributed by atoms with Crippen LogP contribution in [0.4, 0.5) is 0 Å². The first-order valence-corrected chi connectivity index (χ1v) is 9.50. The van der Waals surface area contributed by atoms with Crippen LogP contribution in [-0.2, 0) is 0 Å². The molecular weight excluding hydrogens is 358 g/mol. The molecule has 3 N–H and O–H groups in total. The molecule has 0 spiro atoms. The van der Waals surface area contributed by atoms with Crippen LogP contribution in [0.5, 0.6) is 0 Å². The maximum absolute atomic E-state index is 4.71. The molecule has 3 aromatic rings. The van der Waals surface area contributed by atoms with Crippen molar-refractivity contribution in [2.24, 2.45) is 9.98 Å². The van der Waals surface area contributed by atoms with Gasteiger partial charge in [0.15, 0.2) is 0 Å². The number of rotatable bonds is 0. The molecule has 6 rings (SSSR count). The van der Waals surface area contributed by atoms with E-state index in [9.17, 15) is 0 Å². The van der Waals surface area contributed by atoms with E-state index >= 15 is 0 Å². The Morgan fingerprint density at radius 3 is 1.76 bits per heavy atom. The van der Waals surface area contributed by atoms with Crippen LogP contribution in [0.25, 0.3) is 24.3 Å². The van der Waals surface area contributed by atoms with Crippen molar-refractivity contribution in [1.82, 2.24) is 15.0 Å². The summed E-state index contributed by atoms with van der Waals surface area (Å²) >= 11 is 0. The molecule has 3 aromatic heterocycles. The molecule has 5 nitrogen and oxygen atoms in total. The highest BCUT2D eigenvalue weighted by molar-refractivity contribution is 6.20. The summed E-state index contributed by atoms with van der Waals surface area (Å²) in [6.45, 7) is 0. The summed E-state index contributed by atoms with van der Waals surface area (Å²) in [6, 6.07) is 10.4. The van der Waals surface area contributed by atoms with Gasteiger partial charge in [-0.15, -0.1) is 0 Å². The summed E-state index contributed by atoms with van der Waals surface area (Å²) in [5.41, 5.74) is 5.74. The number of hydrogen-bond acceptors (Lipinski definition) is 2. The highest BCUT2D eigenvalue weighted by Crippen LogP contribution is 2.20. The molecule has 3 aliphatic rings. The predicted molar refractivity (Wildman–Crippen MR) is 117 cm³/mol. The summed E-state index contributed by atoms with van der Waals surface area (Å²) < 4.78 is 0. The van der Waals surface area contributed by atoms with E-state index in [-0.39, 0.29) is 0 Å². The van der Waals surface area contributed by atoms with E-state index in [4.69, 9.17) is 9.98 Å². The average molecular weight is 375 g/mol. The van der Waals surface area contributed by atoms with Gasteiger partial charge in [0.2, 0.25) is 0 Å². The fourth-order valence-corrected chi connectivity index (χ4v) is 3.66. The van der Waals surface area contributed by atoms with E-state index < -0.39 is 0 Å². The zero-order chi connectivity index (χ0) is 19.2. The minimum atomic E-state index is 0.881. The van der Waals surface area contributed by atoms with Crippen LogP contribution in [0.2, 0.25) is 0 Å². The van der Waals surface area contributed by atoms with Gasteiger partial charge in [0, 0.05) is 33.3 Å². The largest absolute Gasteiger partial charge is 0.361 e. The third kappa shape index (κ3) is 3.08. The molecule has 29 heavy (non-hydrogen) atoms. The summed E-state index contributed by atoms with van der Waals surface area (Å²) in [5, 5.41) is 4.11. The Bertz CT molecular complexity index is 1430. The van der Waals surface area contributed by atoms with Crippen LogP contribution in [0.1, 0.15) is 11.3 Å². The zero-order valence-corrected chi connectivity index (χ0v) is 15.5. The molecule has 5 heteroatoms. The van der Waals surface area contributed by atoms with Gasteiger partial charge in [-0.05, 0) is 84.5 Å². The van der Waals surface area contributed by atoms with Crippen molar-refractivity contribution < 1.29 is 0 Å². The SMILES string of the molecule is C1=CC2=C3C=CC(=N3)C=c3ccc([nH]3)=Cc3cc(c[nH]3)C=c3ccc([nH]3)=CC1=N2. The number of aromatic nitrogens is 3. The van der Waals surface area contributed by atoms with Gasteiger partial charge in [-0.25, -0.2) is 9.98 Å². The van der Waals surface area contributed by atoms with E-state index in [1.165, 1.54) is 0 Å². The quantitative estimate of drug-likeness (QED) is 0.527. The molecule has 6 heterocycles. The van der Waals surface area contributed by atoms with Gasteiger partial charge in [-0.3, -0.25) is 0 Å². The minimum Gasteiger partial charge on any atom is -0.361 e. The maximum atomic E-state index is 4.71. The van der Waals surface area contributed by atoms with Gasteiger partial charge < -0.3 is 15.0 Å². The molecule has 0 aromatic carbocycles. The Labute approximate surface area is 165 Å². The van der Waals surface area contributed by atoms with Crippen LogP contribution >= 0.6 is 0 Å². The van der Waals surface area contributed by atoms with Crippen molar-refractivity contribution in [2.75, 3.05) is 0 Å². The fourth-order valence-electron chi connectivity index (χ4n) is 3.66. The number of hydrogen-bond donors (Lipinski definition) is 3. The number of allylic oxidation sites excluding steroid dienone is 4. The van der Waals surface area contributed by atoms with Gasteiger partial charge in [0.25, 0.3) is 0 Å². The lowest BCUT2D eigenvalue weighted by Crippen LogP contribution is -2.10. The van der Waals surface area contributed by atoms with Crippen LogP contribution in [0, 0.1) is 0 Å². The summed E-state index contributed by atoms with van der Waals surface area (Å²) in [6.07, 6.45) is 18.3. The van der Waals surface area contributed by atoms with E-state index in [2.05, 4.69) is 57.4 Å². The normalized spacial score (nSPS) is 16.7. The van der Waals surface area contributed by atoms with E-state index in [1.54, 1.807) is 0 Å². The molecule has 138 valence electrons. The highest BCUT2D eigenvalue weighted by atomic mass is 14.9. The lowest BCUT2D eigenvalue weighted by Gasteiger charge is -1.92. The van der Waals surface area contributed by atoms with E-state index in [0.717, 1.165) is 55.5 Å². The van der Waals surface area contributed by atoms with Gasteiger partial charge in [0.1, 0.15) is 0 Å². The number of nitrogens with zero attached hydrogens (tertiary/aromatic N) is 2. The number of fused-ring (bicyclic) bond motifs is 8. The van der Waals surface area contributed by atoms with Crippen molar-refractivity contribution >= 4 is 35.7 Å². The van der Waals surface area contributed by atoms with Crippen LogP contribution in [-0.4, -0.2) is 26.4 Å². The van der Waals surface area contributed by atoms with Gasteiger partial charge in [-0.1, -0.05) is 0 Å². The lowest BCUT2D eigenvalue weighted by atomic mass is 10.3. The molecule has 0 aliphatic carbocycles. The molecule has 0 saturated heterocycles. The summed E-state index contributed by atoms with van der Waals surface area (Å²) in [7, 11) is 0. The molecule has 0 fully saturated rings. The number of nitrogens with one attached hydrogen (secondary N) is 3. The summed E-state index contributed by atoms with van der Waals surface area (Å²) in [4.78, 5) is 19.6. The van der Waals surface area contributed by atoms with E-state index in [1.807, 2.05) is 42.7 Å². The minimum absolute atomic E-state index is 0.881. The molecule has 0 amide bonds. The third-order valence-corrected chi connectivity index (χ3v) is 5.02. The van der Waals surface area contributed by atoms with Gasteiger partial charge >= 0.3 is 0 Å².